The molecule has 0 radical (unpaired) electrons. The van der Waals surface area contributed by atoms with Crippen molar-refractivity contribution in [1.29, 1.82) is 5.26 Å². The number of carbonyl (C=O) groups is 1. The predicted molar refractivity (Wildman–Crippen MR) is 79.6 cm³/mol. The van der Waals surface area contributed by atoms with Crippen LogP contribution >= 0.6 is 0 Å². The molecule has 2 rings (SSSR count). The van der Waals surface area contributed by atoms with Gasteiger partial charge in [-0.1, -0.05) is 6.07 Å². The smallest absolute Gasteiger partial charge is 0.253 e. The third-order valence-corrected chi connectivity index (χ3v) is 4.03. The maximum absolute atomic E-state index is 12.5. The van der Waals surface area contributed by atoms with E-state index in [-0.39, 0.29) is 11.3 Å². The first kappa shape index (κ1) is 14.4. The largest absolute Gasteiger partial charge is 0.378 e. The summed E-state index contributed by atoms with van der Waals surface area (Å²) in [5.41, 5.74) is 1.47. The second kappa shape index (κ2) is 5.54. The number of amides is 1. The molecule has 1 saturated heterocycles. The number of likely N-dealkylation sites (tertiary alicyclic amines) is 1. The van der Waals surface area contributed by atoms with Gasteiger partial charge in [-0.25, -0.2) is 0 Å². The summed E-state index contributed by atoms with van der Waals surface area (Å²) >= 11 is 0. The minimum Gasteiger partial charge on any atom is -0.378 e. The van der Waals surface area contributed by atoms with Gasteiger partial charge >= 0.3 is 0 Å². The molecule has 0 atom stereocenters. The number of nitrogens with zero attached hydrogens (tertiary/aromatic N) is 3. The molecule has 0 saturated carbocycles. The zero-order chi connectivity index (χ0) is 14.8. The average molecular weight is 271 g/mol. The van der Waals surface area contributed by atoms with E-state index in [1.807, 2.05) is 55.1 Å². The number of carbonyl (C=O) groups excluding carboxylic acids is 1. The highest BCUT2D eigenvalue weighted by Gasteiger charge is 2.32. The van der Waals surface area contributed by atoms with Gasteiger partial charge < -0.3 is 9.80 Å². The van der Waals surface area contributed by atoms with Crippen LogP contribution in [0.15, 0.2) is 24.3 Å². The van der Waals surface area contributed by atoms with Gasteiger partial charge in [0.05, 0.1) is 11.5 Å². The summed E-state index contributed by atoms with van der Waals surface area (Å²) in [7, 11) is 3.92. The molecule has 1 fully saturated rings. The molecule has 4 heteroatoms. The lowest BCUT2D eigenvalue weighted by atomic mass is 9.82. The molecule has 1 aliphatic heterocycles. The van der Waals surface area contributed by atoms with E-state index in [1.54, 1.807) is 0 Å². The molecule has 1 aromatic rings. The highest BCUT2D eigenvalue weighted by atomic mass is 16.2. The summed E-state index contributed by atoms with van der Waals surface area (Å²) < 4.78 is 0. The van der Waals surface area contributed by atoms with E-state index in [4.69, 9.17) is 5.26 Å². The Balaban J connectivity index is 2.10. The molecule has 106 valence electrons. The summed E-state index contributed by atoms with van der Waals surface area (Å²) in [5, 5.41) is 9.13. The summed E-state index contributed by atoms with van der Waals surface area (Å²) in [6, 6.07) is 10.0. The second-order valence-corrected chi connectivity index (χ2v) is 5.91. The molecule has 4 nitrogen and oxygen atoms in total. The molecule has 0 spiro atoms. The number of nitriles is 1. The second-order valence-electron chi connectivity index (χ2n) is 5.91. The fraction of sp³-hybridized carbons (Fsp3) is 0.500. The van der Waals surface area contributed by atoms with Crippen molar-refractivity contribution in [3.05, 3.63) is 29.8 Å². The lowest BCUT2D eigenvalue weighted by Gasteiger charge is -2.35. The number of anilines is 1. The van der Waals surface area contributed by atoms with Crippen molar-refractivity contribution < 1.29 is 4.79 Å². The quantitative estimate of drug-likeness (QED) is 0.830. The van der Waals surface area contributed by atoms with Crippen LogP contribution in [0, 0.1) is 16.7 Å². The third-order valence-electron chi connectivity index (χ3n) is 4.03. The van der Waals surface area contributed by atoms with Crippen molar-refractivity contribution in [1.82, 2.24) is 4.90 Å². The first-order valence-electron chi connectivity index (χ1n) is 6.93. The van der Waals surface area contributed by atoms with Gasteiger partial charge in [-0.05, 0) is 38.0 Å². The lowest BCUT2D eigenvalue weighted by Crippen LogP contribution is -2.41. The van der Waals surface area contributed by atoms with Crippen molar-refractivity contribution in [2.24, 2.45) is 5.41 Å². The van der Waals surface area contributed by atoms with Crippen molar-refractivity contribution in [2.75, 3.05) is 32.1 Å². The van der Waals surface area contributed by atoms with Gasteiger partial charge in [-0.2, -0.15) is 5.26 Å². The van der Waals surface area contributed by atoms with Gasteiger partial charge in [-0.3, -0.25) is 4.79 Å². The highest BCUT2D eigenvalue weighted by molar-refractivity contribution is 5.95. The van der Waals surface area contributed by atoms with Crippen LogP contribution in [0.4, 0.5) is 5.69 Å². The number of hydrogen-bond donors (Lipinski definition) is 0. The van der Waals surface area contributed by atoms with Gasteiger partial charge in [0, 0.05) is 38.4 Å². The van der Waals surface area contributed by atoms with Crippen LogP contribution in [0.1, 0.15) is 30.1 Å². The summed E-state index contributed by atoms with van der Waals surface area (Å²) in [6.07, 6.45) is 1.51. The van der Waals surface area contributed by atoms with Crippen LogP contribution in [-0.4, -0.2) is 38.0 Å². The SMILES string of the molecule is CN(C)c1cccc(C(=O)N2CCC(C)(C#N)CC2)c1. The molecule has 1 aromatic carbocycles. The van der Waals surface area contributed by atoms with Crippen LogP contribution < -0.4 is 4.90 Å². The zero-order valence-electron chi connectivity index (χ0n) is 12.4. The fourth-order valence-corrected chi connectivity index (χ4v) is 2.41. The molecular formula is C16H21N3O. The Morgan fingerprint density at radius 3 is 2.55 bits per heavy atom. The fourth-order valence-electron chi connectivity index (χ4n) is 2.41. The Morgan fingerprint density at radius 1 is 1.35 bits per heavy atom. The summed E-state index contributed by atoms with van der Waals surface area (Å²) in [6.45, 7) is 3.30. The van der Waals surface area contributed by atoms with Crippen LogP contribution in [0.3, 0.4) is 0 Å². The molecule has 0 aliphatic carbocycles. The van der Waals surface area contributed by atoms with E-state index in [2.05, 4.69) is 6.07 Å². The van der Waals surface area contributed by atoms with E-state index in [0.29, 0.717) is 13.1 Å². The summed E-state index contributed by atoms with van der Waals surface area (Å²) in [4.78, 5) is 16.3. The Bertz CT molecular complexity index is 537. The molecule has 1 heterocycles. The maximum atomic E-state index is 12.5. The lowest BCUT2D eigenvalue weighted by molar-refractivity contribution is 0.0662. The molecular weight excluding hydrogens is 250 g/mol. The van der Waals surface area contributed by atoms with Crippen molar-refractivity contribution >= 4 is 11.6 Å². The minimum atomic E-state index is -0.276. The van der Waals surface area contributed by atoms with Gasteiger partial charge in [0.15, 0.2) is 0 Å². The molecule has 0 aromatic heterocycles. The molecule has 0 N–H and O–H groups in total. The molecule has 0 bridgehead atoms. The predicted octanol–water partition coefficient (Wildman–Crippen LogP) is 2.52. The Labute approximate surface area is 120 Å². The van der Waals surface area contributed by atoms with Gasteiger partial charge in [0.2, 0.25) is 0 Å². The highest BCUT2D eigenvalue weighted by Crippen LogP contribution is 2.30. The normalized spacial score (nSPS) is 17.4. The first-order chi connectivity index (χ1) is 9.45. The van der Waals surface area contributed by atoms with Crippen LogP contribution in [0.5, 0.6) is 0 Å². The van der Waals surface area contributed by atoms with E-state index in [9.17, 15) is 4.79 Å². The van der Waals surface area contributed by atoms with Crippen LogP contribution in [-0.2, 0) is 0 Å². The number of rotatable bonds is 2. The summed E-state index contributed by atoms with van der Waals surface area (Å²) in [5.74, 6) is 0.0636. The van der Waals surface area contributed by atoms with E-state index in [0.717, 1.165) is 24.1 Å². The van der Waals surface area contributed by atoms with Crippen molar-refractivity contribution in [3.8, 4) is 6.07 Å². The maximum Gasteiger partial charge on any atom is 0.253 e. The zero-order valence-corrected chi connectivity index (χ0v) is 12.4. The van der Waals surface area contributed by atoms with Gasteiger partial charge in [0.25, 0.3) is 5.91 Å². The Hall–Kier alpha value is -2.02. The topological polar surface area (TPSA) is 47.3 Å². The molecule has 20 heavy (non-hydrogen) atoms. The van der Waals surface area contributed by atoms with E-state index >= 15 is 0 Å². The minimum absolute atomic E-state index is 0.0636. The standard InChI is InChI=1S/C16H21N3O/c1-16(12-17)7-9-19(10-8-16)15(20)13-5-4-6-14(11-13)18(2)3/h4-6,11H,7-10H2,1-3H3. The van der Waals surface area contributed by atoms with Crippen LogP contribution in [0.2, 0.25) is 0 Å². The molecule has 0 unspecified atom stereocenters. The Morgan fingerprint density at radius 2 is 2.00 bits per heavy atom. The van der Waals surface area contributed by atoms with Crippen LogP contribution in [0.25, 0.3) is 0 Å². The molecule has 1 aliphatic rings. The van der Waals surface area contributed by atoms with E-state index in [1.165, 1.54) is 0 Å². The Kier molecular flexibility index (Phi) is 3.99. The van der Waals surface area contributed by atoms with Gasteiger partial charge in [-0.15, -0.1) is 0 Å². The average Bonchev–Trinajstić information content (AvgIpc) is 2.47. The third kappa shape index (κ3) is 2.93. The number of piperidine rings is 1. The van der Waals surface area contributed by atoms with Crippen molar-refractivity contribution in [2.45, 2.75) is 19.8 Å². The van der Waals surface area contributed by atoms with Gasteiger partial charge in [0.1, 0.15) is 0 Å². The number of hydrogen-bond acceptors (Lipinski definition) is 3. The first-order valence-corrected chi connectivity index (χ1v) is 6.93. The number of benzene rings is 1. The van der Waals surface area contributed by atoms with E-state index < -0.39 is 0 Å². The molecule has 1 amide bonds. The monoisotopic (exact) mass is 271 g/mol. The van der Waals surface area contributed by atoms with Crippen molar-refractivity contribution in [3.63, 3.8) is 0 Å².